The SMILES string of the molecule is Clc1ccc2nc3c(c(-c4ccccc4)c2c1)CCc1sccc1-3. The lowest BCUT2D eigenvalue weighted by Crippen LogP contribution is -2.06. The third-order valence-corrected chi connectivity index (χ3v) is 5.93. The van der Waals surface area contributed by atoms with Crippen molar-refractivity contribution in [1.82, 2.24) is 4.98 Å². The van der Waals surface area contributed by atoms with Gasteiger partial charge in [-0.3, -0.25) is 0 Å². The molecule has 0 bridgehead atoms. The van der Waals surface area contributed by atoms with Gasteiger partial charge in [0.2, 0.25) is 0 Å². The number of hydrogen-bond acceptors (Lipinski definition) is 2. The number of benzene rings is 2. The summed E-state index contributed by atoms with van der Waals surface area (Å²) in [5, 5.41) is 4.08. The molecule has 116 valence electrons. The van der Waals surface area contributed by atoms with Crippen LogP contribution in [0.2, 0.25) is 5.02 Å². The molecule has 0 unspecified atom stereocenters. The van der Waals surface area contributed by atoms with Crippen LogP contribution in [-0.2, 0) is 12.8 Å². The van der Waals surface area contributed by atoms with Crippen molar-refractivity contribution in [3.05, 3.63) is 75.4 Å². The summed E-state index contributed by atoms with van der Waals surface area (Å²) in [5.41, 5.74) is 7.33. The average Bonchev–Trinajstić information content (AvgIpc) is 3.10. The lowest BCUT2D eigenvalue weighted by Gasteiger charge is -2.21. The minimum absolute atomic E-state index is 0.758. The quantitative estimate of drug-likeness (QED) is 0.389. The molecule has 1 aliphatic rings. The van der Waals surface area contributed by atoms with Crippen LogP contribution < -0.4 is 0 Å². The predicted octanol–water partition coefficient (Wildman–Crippen LogP) is 6.38. The highest BCUT2D eigenvalue weighted by Crippen LogP contribution is 2.43. The largest absolute Gasteiger partial charge is 0.247 e. The molecule has 4 aromatic rings. The van der Waals surface area contributed by atoms with Gasteiger partial charge >= 0.3 is 0 Å². The van der Waals surface area contributed by atoms with Gasteiger partial charge in [0.25, 0.3) is 0 Å². The Balaban J connectivity index is 1.94. The van der Waals surface area contributed by atoms with Gasteiger partial charge in [-0.2, -0.15) is 0 Å². The van der Waals surface area contributed by atoms with Gasteiger partial charge in [-0.25, -0.2) is 4.98 Å². The second kappa shape index (κ2) is 5.44. The number of aryl methyl sites for hydroxylation is 1. The lowest BCUT2D eigenvalue weighted by molar-refractivity contribution is 0.956. The zero-order valence-electron chi connectivity index (χ0n) is 12.9. The minimum Gasteiger partial charge on any atom is -0.247 e. The zero-order valence-corrected chi connectivity index (χ0v) is 14.5. The molecule has 2 heterocycles. The van der Waals surface area contributed by atoms with Crippen molar-refractivity contribution in [2.24, 2.45) is 0 Å². The average molecular weight is 348 g/mol. The first-order chi connectivity index (χ1) is 11.8. The summed E-state index contributed by atoms with van der Waals surface area (Å²) in [5.74, 6) is 0. The number of pyridine rings is 1. The van der Waals surface area contributed by atoms with E-state index in [9.17, 15) is 0 Å². The van der Waals surface area contributed by atoms with Crippen LogP contribution in [-0.4, -0.2) is 4.98 Å². The number of nitrogens with zero attached hydrogens (tertiary/aromatic N) is 1. The number of hydrogen-bond donors (Lipinski definition) is 0. The molecule has 0 atom stereocenters. The highest BCUT2D eigenvalue weighted by Gasteiger charge is 2.24. The van der Waals surface area contributed by atoms with Crippen LogP contribution >= 0.6 is 22.9 Å². The van der Waals surface area contributed by atoms with E-state index in [1.165, 1.54) is 27.1 Å². The van der Waals surface area contributed by atoms with E-state index in [-0.39, 0.29) is 0 Å². The third kappa shape index (κ3) is 2.10. The van der Waals surface area contributed by atoms with Crippen LogP contribution in [0.5, 0.6) is 0 Å². The van der Waals surface area contributed by atoms with Crippen LogP contribution in [0.4, 0.5) is 0 Å². The second-order valence-corrected chi connectivity index (χ2v) is 7.54. The summed E-state index contributed by atoms with van der Waals surface area (Å²) in [6.07, 6.45) is 2.12. The molecule has 0 fully saturated rings. The van der Waals surface area contributed by atoms with E-state index in [1.807, 2.05) is 23.5 Å². The van der Waals surface area contributed by atoms with Gasteiger partial charge < -0.3 is 0 Å². The molecule has 24 heavy (non-hydrogen) atoms. The predicted molar refractivity (Wildman–Crippen MR) is 103 cm³/mol. The highest BCUT2D eigenvalue weighted by molar-refractivity contribution is 7.10. The Hall–Kier alpha value is -2.16. The van der Waals surface area contributed by atoms with Gasteiger partial charge in [0.1, 0.15) is 0 Å². The summed E-state index contributed by atoms with van der Waals surface area (Å²) in [7, 11) is 0. The summed E-state index contributed by atoms with van der Waals surface area (Å²) >= 11 is 8.14. The number of fused-ring (bicyclic) bond motifs is 4. The Labute approximate surface area is 149 Å². The van der Waals surface area contributed by atoms with Crippen LogP contribution in [0.1, 0.15) is 10.4 Å². The van der Waals surface area contributed by atoms with E-state index in [2.05, 4.69) is 47.8 Å². The Kier molecular flexibility index (Phi) is 3.22. The Morgan fingerprint density at radius 1 is 0.958 bits per heavy atom. The molecule has 5 rings (SSSR count). The Morgan fingerprint density at radius 2 is 1.83 bits per heavy atom. The Bertz CT molecular complexity index is 1070. The molecule has 1 nitrogen and oxygen atoms in total. The third-order valence-electron chi connectivity index (χ3n) is 4.71. The number of thiophene rings is 1. The highest BCUT2D eigenvalue weighted by atomic mass is 35.5. The molecular weight excluding hydrogens is 334 g/mol. The maximum absolute atomic E-state index is 6.30. The van der Waals surface area contributed by atoms with Gasteiger partial charge in [-0.15, -0.1) is 11.3 Å². The maximum Gasteiger partial charge on any atom is 0.0759 e. The topological polar surface area (TPSA) is 12.9 Å². The molecule has 0 radical (unpaired) electrons. The van der Waals surface area contributed by atoms with Gasteiger partial charge in [0, 0.05) is 20.8 Å². The van der Waals surface area contributed by atoms with Gasteiger partial charge in [0.05, 0.1) is 11.2 Å². The summed E-state index contributed by atoms with van der Waals surface area (Å²) in [6, 6.07) is 18.8. The molecule has 0 saturated carbocycles. The van der Waals surface area contributed by atoms with Crippen LogP contribution in [0.25, 0.3) is 33.3 Å². The van der Waals surface area contributed by atoms with Crippen molar-refractivity contribution in [2.45, 2.75) is 12.8 Å². The van der Waals surface area contributed by atoms with Crippen LogP contribution in [0.3, 0.4) is 0 Å². The van der Waals surface area contributed by atoms with E-state index < -0.39 is 0 Å². The van der Waals surface area contributed by atoms with Crippen molar-refractivity contribution in [3.8, 4) is 22.4 Å². The van der Waals surface area contributed by atoms with Crippen molar-refractivity contribution in [3.63, 3.8) is 0 Å². The minimum atomic E-state index is 0.758. The molecular formula is C21H14ClNS. The molecule has 2 aromatic heterocycles. The zero-order chi connectivity index (χ0) is 16.1. The number of rotatable bonds is 1. The molecule has 3 heteroatoms. The first kappa shape index (κ1) is 14.2. The maximum atomic E-state index is 6.30. The smallest absolute Gasteiger partial charge is 0.0759 e. The lowest BCUT2D eigenvalue weighted by atomic mass is 9.86. The van der Waals surface area contributed by atoms with Crippen molar-refractivity contribution < 1.29 is 0 Å². The fraction of sp³-hybridized carbons (Fsp3) is 0.0952. The van der Waals surface area contributed by atoms with Crippen molar-refractivity contribution in [1.29, 1.82) is 0 Å². The normalized spacial score (nSPS) is 12.9. The van der Waals surface area contributed by atoms with E-state index >= 15 is 0 Å². The van der Waals surface area contributed by atoms with Crippen molar-refractivity contribution >= 4 is 33.8 Å². The summed E-state index contributed by atoms with van der Waals surface area (Å²) < 4.78 is 0. The Morgan fingerprint density at radius 3 is 2.71 bits per heavy atom. The molecule has 2 aromatic carbocycles. The van der Waals surface area contributed by atoms with Gasteiger partial charge in [-0.05, 0) is 59.2 Å². The molecule has 0 N–H and O–H groups in total. The first-order valence-corrected chi connectivity index (χ1v) is 9.31. The first-order valence-electron chi connectivity index (χ1n) is 8.05. The summed E-state index contributed by atoms with van der Waals surface area (Å²) in [4.78, 5) is 6.45. The molecule has 0 saturated heterocycles. The van der Waals surface area contributed by atoms with Crippen molar-refractivity contribution in [2.75, 3.05) is 0 Å². The van der Waals surface area contributed by atoms with E-state index in [0.29, 0.717) is 0 Å². The summed E-state index contributed by atoms with van der Waals surface area (Å²) in [6.45, 7) is 0. The van der Waals surface area contributed by atoms with E-state index in [1.54, 1.807) is 0 Å². The number of aromatic nitrogens is 1. The fourth-order valence-corrected chi connectivity index (χ4v) is 4.71. The second-order valence-electron chi connectivity index (χ2n) is 6.10. The van der Waals surface area contributed by atoms with Crippen LogP contribution in [0, 0.1) is 0 Å². The standard InChI is InChI=1S/C21H14ClNS/c22-14-6-8-18-17(12-14)20(13-4-2-1-3-5-13)16-7-9-19-15(10-11-24-19)21(16)23-18/h1-6,8,10-12H,7,9H2. The number of halogens is 1. The molecule has 0 amide bonds. The molecule has 0 aliphatic heterocycles. The van der Waals surface area contributed by atoms with E-state index in [4.69, 9.17) is 16.6 Å². The fourth-order valence-electron chi connectivity index (χ4n) is 3.66. The van der Waals surface area contributed by atoms with Gasteiger partial charge in [-0.1, -0.05) is 41.9 Å². The van der Waals surface area contributed by atoms with E-state index in [0.717, 1.165) is 34.5 Å². The van der Waals surface area contributed by atoms with Gasteiger partial charge in [0.15, 0.2) is 0 Å². The monoisotopic (exact) mass is 347 g/mol. The molecule has 1 aliphatic carbocycles. The molecule has 0 spiro atoms. The van der Waals surface area contributed by atoms with Crippen LogP contribution in [0.15, 0.2) is 60.0 Å².